The summed E-state index contributed by atoms with van der Waals surface area (Å²) < 4.78 is 4.58. The Balaban J connectivity index is 0.000000646. The van der Waals surface area contributed by atoms with Gasteiger partial charge in [0.2, 0.25) is 0 Å². The number of hydrogen-bond acceptors (Lipinski definition) is 4. The number of rotatable bonds is 6. The van der Waals surface area contributed by atoms with Crippen LogP contribution in [0.15, 0.2) is 159 Å². The predicted molar refractivity (Wildman–Crippen MR) is 223 cm³/mol. The Hall–Kier alpha value is -6.40. The van der Waals surface area contributed by atoms with Gasteiger partial charge in [-0.1, -0.05) is 82.3 Å². The molecule has 6 aromatic heterocycles. The van der Waals surface area contributed by atoms with Crippen molar-refractivity contribution in [2.45, 2.75) is 47.5 Å². The van der Waals surface area contributed by atoms with Crippen molar-refractivity contribution in [2.75, 3.05) is 0 Å². The van der Waals surface area contributed by atoms with Gasteiger partial charge < -0.3 is 9.13 Å². The van der Waals surface area contributed by atoms with Crippen LogP contribution in [0.1, 0.15) is 56.9 Å². The molecule has 0 N–H and O–H groups in total. The fourth-order valence-corrected chi connectivity index (χ4v) is 6.75. The number of pyridine rings is 4. The molecule has 53 heavy (non-hydrogen) atoms. The molecule has 6 heterocycles. The second-order valence-electron chi connectivity index (χ2n) is 12.2. The zero-order chi connectivity index (χ0) is 37.2. The summed E-state index contributed by atoms with van der Waals surface area (Å²) in [7, 11) is 0. The van der Waals surface area contributed by atoms with E-state index in [1.165, 1.54) is 22.3 Å². The maximum atomic E-state index is 4.35. The quantitative estimate of drug-likeness (QED) is 0.163. The molecule has 9 aromatic rings. The fraction of sp³-hybridized carbons (Fsp3) is 0.149. The molecule has 0 fully saturated rings. The van der Waals surface area contributed by atoms with Gasteiger partial charge in [0.1, 0.15) is 0 Å². The molecule has 0 saturated heterocycles. The number of hydrogen-bond donors (Lipinski definition) is 0. The van der Waals surface area contributed by atoms with Crippen LogP contribution in [0, 0.1) is 0 Å². The van der Waals surface area contributed by atoms with E-state index in [1.807, 2.05) is 84.2 Å². The van der Waals surface area contributed by atoms with E-state index in [0.29, 0.717) is 0 Å². The van der Waals surface area contributed by atoms with Crippen LogP contribution in [-0.2, 0) is 12.8 Å². The molecule has 0 amide bonds. The van der Waals surface area contributed by atoms with Crippen LogP contribution < -0.4 is 0 Å². The van der Waals surface area contributed by atoms with Gasteiger partial charge in [-0.3, -0.25) is 19.9 Å². The third-order valence-corrected chi connectivity index (χ3v) is 8.96. The molecule has 0 atom stereocenters. The number of nitrogens with zero attached hydrogens (tertiary/aromatic N) is 6. The van der Waals surface area contributed by atoms with Crippen LogP contribution in [0.3, 0.4) is 0 Å². The van der Waals surface area contributed by atoms with Crippen molar-refractivity contribution in [1.29, 1.82) is 0 Å². The molecule has 3 aromatic carbocycles. The topological polar surface area (TPSA) is 61.4 Å². The van der Waals surface area contributed by atoms with E-state index >= 15 is 0 Å². The Kier molecular flexibility index (Phi) is 11.8. The summed E-state index contributed by atoms with van der Waals surface area (Å²) in [6.07, 6.45) is 18.6. The SMILES string of the molecule is C=CC.CC.CC.c1cc2c(cn1)c1cnccc1n2-c1ccc(Cc2ccc(Cc3ccc(-n4c5ccncc5c5cnccc54)cc3)cc2)cc1. The van der Waals surface area contributed by atoms with Crippen LogP contribution in [-0.4, -0.2) is 29.1 Å². The molecule has 0 saturated carbocycles. The molecule has 9 rings (SSSR count). The molecule has 0 aliphatic heterocycles. The van der Waals surface area contributed by atoms with Crippen molar-refractivity contribution >= 4 is 43.6 Å². The van der Waals surface area contributed by atoms with Gasteiger partial charge in [0.15, 0.2) is 0 Å². The summed E-state index contributed by atoms with van der Waals surface area (Å²) in [5, 5.41) is 4.46. The minimum absolute atomic E-state index is 0.889. The summed E-state index contributed by atoms with van der Waals surface area (Å²) in [6.45, 7) is 13.2. The highest BCUT2D eigenvalue weighted by Gasteiger charge is 2.13. The van der Waals surface area contributed by atoms with E-state index in [-0.39, 0.29) is 0 Å². The molecule has 264 valence electrons. The van der Waals surface area contributed by atoms with E-state index in [1.54, 1.807) is 6.08 Å². The van der Waals surface area contributed by atoms with E-state index in [0.717, 1.165) is 67.8 Å². The maximum absolute atomic E-state index is 4.35. The number of allylic oxidation sites excluding steroid dienone is 1. The first kappa shape index (κ1) is 36.4. The highest BCUT2D eigenvalue weighted by Crippen LogP contribution is 2.32. The average Bonchev–Trinajstić information content (AvgIpc) is 3.74. The third kappa shape index (κ3) is 7.49. The molecular weight excluding hydrogens is 649 g/mol. The Morgan fingerprint density at radius 3 is 0.887 bits per heavy atom. The first-order valence-electron chi connectivity index (χ1n) is 18.4. The molecule has 6 heteroatoms. The van der Waals surface area contributed by atoms with Crippen molar-refractivity contribution in [3.05, 3.63) is 182 Å². The van der Waals surface area contributed by atoms with Crippen LogP contribution in [0.2, 0.25) is 0 Å². The Morgan fingerprint density at radius 2 is 0.642 bits per heavy atom. The molecule has 0 aliphatic carbocycles. The Labute approximate surface area is 312 Å². The molecule has 6 nitrogen and oxygen atoms in total. The van der Waals surface area contributed by atoms with Crippen molar-refractivity contribution in [3.63, 3.8) is 0 Å². The van der Waals surface area contributed by atoms with Crippen molar-refractivity contribution < 1.29 is 0 Å². The summed E-state index contributed by atoms with van der Waals surface area (Å²) >= 11 is 0. The summed E-state index contributed by atoms with van der Waals surface area (Å²) in [6, 6.07) is 35.1. The van der Waals surface area contributed by atoms with E-state index in [9.17, 15) is 0 Å². The molecule has 0 unspecified atom stereocenters. The average molecular weight is 695 g/mol. The van der Waals surface area contributed by atoms with Gasteiger partial charge in [-0.15, -0.1) is 6.58 Å². The second kappa shape index (κ2) is 17.2. The second-order valence-corrected chi connectivity index (χ2v) is 12.2. The summed E-state index contributed by atoms with van der Waals surface area (Å²) in [5.41, 5.74) is 12.0. The Bertz CT molecular complexity index is 2270. The smallest absolute Gasteiger partial charge is 0.0572 e. The highest BCUT2D eigenvalue weighted by molar-refractivity contribution is 6.09. The van der Waals surface area contributed by atoms with Gasteiger partial charge in [-0.2, -0.15) is 0 Å². The lowest BCUT2D eigenvalue weighted by Crippen LogP contribution is -1.96. The Morgan fingerprint density at radius 1 is 0.415 bits per heavy atom. The van der Waals surface area contributed by atoms with E-state index in [4.69, 9.17) is 0 Å². The lowest BCUT2D eigenvalue weighted by Gasteiger charge is -2.10. The lowest BCUT2D eigenvalue weighted by molar-refractivity contribution is 1.12. The molecule has 0 bridgehead atoms. The highest BCUT2D eigenvalue weighted by atomic mass is 15.0. The minimum Gasteiger partial charge on any atom is -0.309 e. The van der Waals surface area contributed by atoms with Crippen molar-refractivity contribution in [3.8, 4) is 11.4 Å². The van der Waals surface area contributed by atoms with E-state index in [2.05, 4.69) is 133 Å². The molecular formula is C47H46N6. The minimum atomic E-state index is 0.889. The zero-order valence-corrected chi connectivity index (χ0v) is 31.2. The molecule has 0 spiro atoms. The lowest BCUT2D eigenvalue weighted by atomic mass is 10.00. The van der Waals surface area contributed by atoms with Gasteiger partial charge in [0.25, 0.3) is 0 Å². The third-order valence-electron chi connectivity index (χ3n) is 8.96. The normalized spacial score (nSPS) is 10.6. The van der Waals surface area contributed by atoms with Crippen LogP contribution in [0.25, 0.3) is 55.0 Å². The standard InChI is InChI=1S/C40H28N6.C3H6.2C2H6/c1-2-28(22-30-7-11-32(12-8-30)46-39-15-19-43-25-35(39)36-26-44-20-16-40(36)46)4-3-27(1)21-29-5-9-31(10-6-29)45-37-13-17-41-23-33(37)34-24-42-18-14-38(34)45;1-3-2;2*1-2/h1-20,23-26H,21-22H2;3H,1H2,2H3;2*1-2H3. The van der Waals surface area contributed by atoms with Crippen molar-refractivity contribution in [2.24, 2.45) is 0 Å². The number of aromatic nitrogens is 6. The summed E-state index contributed by atoms with van der Waals surface area (Å²) in [4.78, 5) is 17.4. The van der Waals surface area contributed by atoms with Gasteiger partial charge in [-0.25, -0.2) is 0 Å². The van der Waals surface area contributed by atoms with Gasteiger partial charge in [0.05, 0.1) is 22.1 Å². The first-order valence-corrected chi connectivity index (χ1v) is 18.4. The van der Waals surface area contributed by atoms with Crippen LogP contribution in [0.5, 0.6) is 0 Å². The van der Waals surface area contributed by atoms with Gasteiger partial charge in [-0.05, 0) is 90.6 Å². The zero-order valence-electron chi connectivity index (χ0n) is 31.2. The van der Waals surface area contributed by atoms with Crippen molar-refractivity contribution in [1.82, 2.24) is 29.1 Å². The fourth-order valence-electron chi connectivity index (χ4n) is 6.75. The maximum Gasteiger partial charge on any atom is 0.0572 e. The van der Waals surface area contributed by atoms with E-state index < -0.39 is 0 Å². The predicted octanol–water partition coefficient (Wildman–Crippen LogP) is 11.9. The first-order chi connectivity index (χ1) is 26.2. The molecule has 0 aliphatic rings. The molecule has 0 radical (unpaired) electrons. The van der Waals surface area contributed by atoms with Crippen LogP contribution >= 0.6 is 0 Å². The number of benzene rings is 3. The largest absolute Gasteiger partial charge is 0.309 e. The number of fused-ring (bicyclic) bond motifs is 6. The summed E-state index contributed by atoms with van der Waals surface area (Å²) in [5.74, 6) is 0. The van der Waals surface area contributed by atoms with Gasteiger partial charge >= 0.3 is 0 Å². The van der Waals surface area contributed by atoms with Crippen LogP contribution in [0.4, 0.5) is 0 Å². The van der Waals surface area contributed by atoms with Gasteiger partial charge in [0, 0.05) is 82.5 Å². The monoisotopic (exact) mass is 694 g/mol.